The van der Waals surface area contributed by atoms with E-state index in [2.05, 4.69) is 5.32 Å². The van der Waals surface area contributed by atoms with Crippen LogP contribution in [0.25, 0.3) is 0 Å². The van der Waals surface area contributed by atoms with Crippen LogP contribution in [0, 0.1) is 0 Å². The number of carbonyl (C=O) groups is 1. The van der Waals surface area contributed by atoms with Crippen molar-refractivity contribution in [3.05, 3.63) is 0 Å². The molecule has 4 nitrogen and oxygen atoms in total. The fourth-order valence-corrected chi connectivity index (χ4v) is 2.90. The summed E-state index contributed by atoms with van der Waals surface area (Å²) in [6.45, 7) is 1.90. The Bertz CT molecular complexity index is 234. The normalized spacial score (nSPS) is 28.4. The molecule has 1 amide bonds. The molecule has 0 aromatic carbocycles. The highest BCUT2D eigenvalue weighted by Gasteiger charge is 2.19. The van der Waals surface area contributed by atoms with Gasteiger partial charge in [-0.05, 0) is 26.2 Å². The maximum atomic E-state index is 11.5. The van der Waals surface area contributed by atoms with E-state index in [1.165, 1.54) is 0 Å². The number of nitrogens with one attached hydrogen (secondary N) is 1. The van der Waals surface area contributed by atoms with Crippen LogP contribution in [0.1, 0.15) is 32.6 Å². The van der Waals surface area contributed by atoms with E-state index in [1.807, 2.05) is 6.92 Å². The van der Waals surface area contributed by atoms with E-state index >= 15 is 0 Å². The first-order valence-corrected chi connectivity index (χ1v) is 6.96. The Hall–Kier alpha value is -0.420. The van der Waals surface area contributed by atoms with Gasteiger partial charge in [-0.25, -0.2) is 0 Å². The van der Waals surface area contributed by atoms with Gasteiger partial charge in [0.1, 0.15) is 0 Å². The molecule has 0 aromatic rings. The van der Waals surface area contributed by atoms with E-state index in [-0.39, 0.29) is 18.0 Å². The summed E-state index contributed by atoms with van der Waals surface area (Å²) in [5.41, 5.74) is 5.57. The fraction of sp³-hybridized carbons (Fsp3) is 0.900. The average Bonchev–Trinajstić information content (AvgIpc) is 2.19. The second-order valence-corrected chi connectivity index (χ2v) is 5.90. The lowest BCUT2D eigenvalue weighted by atomic mass is 10.1. The zero-order valence-electron chi connectivity index (χ0n) is 9.20. The van der Waals surface area contributed by atoms with E-state index < -0.39 is 10.8 Å². The van der Waals surface area contributed by atoms with Gasteiger partial charge in [0.2, 0.25) is 5.91 Å². The van der Waals surface area contributed by atoms with E-state index in [4.69, 9.17) is 5.73 Å². The Morgan fingerprint density at radius 1 is 1.53 bits per heavy atom. The largest absolute Gasteiger partial charge is 0.353 e. The molecule has 1 unspecified atom stereocenters. The van der Waals surface area contributed by atoms with Gasteiger partial charge in [-0.2, -0.15) is 0 Å². The molecule has 1 heterocycles. The van der Waals surface area contributed by atoms with Gasteiger partial charge in [0.25, 0.3) is 0 Å². The zero-order chi connectivity index (χ0) is 11.3. The minimum absolute atomic E-state index is 0.0741. The van der Waals surface area contributed by atoms with Crippen LogP contribution in [-0.2, 0) is 15.6 Å². The molecule has 3 N–H and O–H groups in total. The summed E-state index contributed by atoms with van der Waals surface area (Å²) in [6.07, 6.45) is 2.91. The predicted molar refractivity (Wildman–Crippen MR) is 61.9 cm³/mol. The van der Waals surface area contributed by atoms with Crippen LogP contribution < -0.4 is 11.1 Å². The van der Waals surface area contributed by atoms with Gasteiger partial charge in [0.05, 0.1) is 0 Å². The quantitative estimate of drug-likeness (QED) is 0.724. The monoisotopic (exact) mass is 232 g/mol. The standard InChI is InChI=1S/C10H20N2O2S/c1-8(11)2-3-10(13)12-9-4-6-15(14)7-5-9/h8-9H,2-7,11H2,1H3,(H,12,13). The van der Waals surface area contributed by atoms with E-state index in [9.17, 15) is 9.00 Å². The molecule has 1 aliphatic rings. The van der Waals surface area contributed by atoms with Crippen LogP contribution >= 0.6 is 0 Å². The number of hydrogen-bond donors (Lipinski definition) is 2. The van der Waals surface area contributed by atoms with Crippen LogP contribution in [-0.4, -0.2) is 33.7 Å². The lowest BCUT2D eigenvalue weighted by Gasteiger charge is -2.22. The Balaban J connectivity index is 2.17. The fourth-order valence-electron chi connectivity index (χ4n) is 1.60. The summed E-state index contributed by atoms with van der Waals surface area (Å²) in [4.78, 5) is 11.5. The minimum atomic E-state index is -0.658. The summed E-state index contributed by atoms with van der Waals surface area (Å²) in [7, 11) is -0.658. The molecule has 1 aliphatic heterocycles. The molecule has 0 aliphatic carbocycles. The van der Waals surface area contributed by atoms with Crippen molar-refractivity contribution in [2.75, 3.05) is 11.5 Å². The van der Waals surface area contributed by atoms with Gasteiger partial charge >= 0.3 is 0 Å². The molecule has 0 aromatic heterocycles. The van der Waals surface area contributed by atoms with Crippen molar-refractivity contribution < 1.29 is 9.00 Å². The van der Waals surface area contributed by atoms with E-state index in [0.29, 0.717) is 6.42 Å². The van der Waals surface area contributed by atoms with Gasteiger partial charge in [0.15, 0.2) is 0 Å². The number of amides is 1. The van der Waals surface area contributed by atoms with Crippen molar-refractivity contribution in [3.8, 4) is 0 Å². The molecule has 15 heavy (non-hydrogen) atoms. The third-order valence-electron chi connectivity index (χ3n) is 2.58. The molecule has 0 spiro atoms. The van der Waals surface area contributed by atoms with Crippen LogP contribution in [0.2, 0.25) is 0 Å². The Labute approximate surface area is 93.4 Å². The van der Waals surface area contributed by atoms with Crippen molar-refractivity contribution in [3.63, 3.8) is 0 Å². The predicted octanol–water partition coefficient (Wildman–Crippen LogP) is 0.141. The summed E-state index contributed by atoms with van der Waals surface area (Å²) in [5, 5.41) is 2.97. The zero-order valence-corrected chi connectivity index (χ0v) is 10.0. The van der Waals surface area contributed by atoms with Crippen molar-refractivity contribution >= 4 is 16.7 Å². The van der Waals surface area contributed by atoms with E-state index in [1.54, 1.807) is 0 Å². The SMILES string of the molecule is CC(N)CCC(=O)NC1CCS(=O)CC1. The third kappa shape index (κ3) is 5.28. The summed E-state index contributed by atoms with van der Waals surface area (Å²) < 4.78 is 11.1. The Morgan fingerprint density at radius 2 is 2.13 bits per heavy atom. The maximum absolute atomic E-state index is 11.5. The van der Waals surface area contributed by atoms with Crippen LogP contribution in [0.5, 0.6) is 0 Å². The Morgan fingerprint density at radius 3 is 2.67 bits per heavy atom. The lowest BCUT2D eigenvalue weighted by Crippen LogP contribution is -2.39. The summed E-state index contributed by atoms with van der Waals surface area (Å²) >= 11 is 0. The van der Waals surface area contributed by atoms with E-state index in [0.717, 1.165) is 30.8 Å². The minimum Gasteiger partial charge on any atom is -0.353 e. The second kappa shape index (κ2) is 6.23. The molecule has 0 saturated carbocycles. The number of hydrogen-bond acceptors (Lipinski definition) is 3. The molecule has 1 fully saturated rings. The topological polar surface area (TPSA) is 72.2 Å². The van der Waals surface area contributed by atoms with Crippen LogP contribution in [0.15, 0.2) is 0 Å². The van der Waals surface area contributed by atoms with Gasteiger partial charge < -0.3 is 11.1 Å². The van der Waals surface area contributed by atoms with Gasteiger partial charge in [-0.1, -0.05) is 0 Å². The molecule has 0 bridgehead atoms. The molecular weight excluding hydrogens is 212 g/mol. The number of rotatable bonds is 4. The van der Waals surface area contributed by atoms with Crippen molar-refractivity contribution in [2.24, 2.45) is 5.73 Å². The lowest BCUT2D eigenvalue weighted by molar-refractivity contribution is -0.122. The first-order valence-electron chi connectivity index (χ1n) is 5.48. The number of carbonyl (C=O) groups excluding carboxylic acids is 1. The summed E-state index contributed by atoms with van der Waals surface area (Å²) in [6, 6.07) is 0.304. The van der Waals surface area contributed by atoms with Crippen LogP contribution in [0.3, 0.4) is 0 Å². The van der Waals surface area contributed by atoms with Crippen molar-refractivity contribution in [1.82, 2.24) is 5.32 Å². The van der Waals surface area contributed by atoms with Gasteiger partial charge in [0, 0.05) is 40.8 Å². The second-order valence-electron chi connectivity index (χ2n) is 4.21. The molecule has 1 atom stereocenters. The smallest absolute Gasteiger partial charge is 0.220 e. The first-order chi connectivity index (χ1) is 7.08. The molecule has 1 saturated heterocycles. The number of nitrogens with two attached hydrogens (primary N) is 1. The molecule has 1 rings (SSSR count). The molecule has 88 valence electrons. The molecule has 5 heteroatoms. The van der Waals surface area contributed by atoms with Gasteiger partial charge in [-0.15, -0.1) is 0 Å². The Kier molecular flexibility index (Phi) is 5.25. The van der Waals surface area contributed by atoms with Crippen molar-refractivity contribution in [2.45, 2.75) is 44.7 Å². The highest BCUT2D eigenvalue weighted by Crippen LogP contribution is 2.09. The first kappa shape index (κ1) is 12.6. The maximum Gasteiger partial charge on any atom is 0.220 e. The average molecular weight is 232 g/mol. The molecule has 0 radical (unpaired) electrons. The molecular formula is C10H20N2O2S. The summed E-state index contributed by atoms with van der Waals surface area (Å²) in [5.74, 6) is 1.52. The third-order valence-corrected chi connectivity index (χ3v) is 3.96. The van der Waals surface area contributed by atoms with Crippen LogP contribution in [0.4, 0.5) is 0 Å². The highest BCUT2D eigenvalue weighted by atomic mass is 32.2. The van der Waals surface area contributed by atoms with Gasteiger partial charge in [-0.3, -0.25) is 9.00 Å². The van der Waals surface area contributed by atoms with Crippen molar-refractivity contribution in [1.29, 1.82) is 0 Å². The highest BCUT2D eigenvalue weighted by molar-refractivity contribution is 7.85.